The Bertz CT molecular complexity index is 889. The highest BCUT2D eigenvalue weighted by Gasteiger charge is 2.39. The summed E-state index contributed by atoms with van der Waals surface area (Å²) >= 11 is 0. The SMILES string of the molecule is CCO[C@@H]1CCN(c2ccccn2)[C@@H]1Cc1cccnc1.O=C(O)C(F)(F)F.O=C(O)C(F)(F)F. The van der Waals surface area contributed by atoms with Gasteiger partial charge in [-0.15, -0.1) is 0 Å². The number of ether oxygens (including phenoxy) is 1. The van der Waals surface area contributed by atoms with Crippen LogP contribution in [0.3, 0.4) is 0 Å². The molecule has 0 saturated carbocycles. The Labute approximate surface area is 196 Å². The third-order valence-corrected chi connectivity index (χ3v) is 4.46. The molecule has 0 radical (unpaired) electrons. The molecule has 1 fully saturated rings. The Morgan fingerprint density at radius 1 is 1.03 bits per heavy atom. The average Bonchev–Trinajstić information content (AvgIpc) is 3.17. The Morgan fingerprint density at radius 2 is 1.63 bits per heavy atom. The van der Waals surface area contributed by atoms with E-state index in [9.17, 15) is 26.3 Å². The summed E-state index contributed by atoms with van der Waals surface area (Å²) in [6.45, 7) is 3.81. The number of carbonyl (C=O) groups is 2. The van der Waals surface area contributed by atoms with Gasteiger partial charge in [0, 0.05) is 31.7 Å². The topological polar surface area (TPSA) is 113 Å². The molecule has 2 N–H and O–H groups in total. The van der Waals surface area contributed by atoms with Crippen molar-refractivity contribution in [1.82, 2.24) is 9.97 Å². The van der Waals surface area contributed by atoms with Gasteiger partial charge in [0.25, 0.3) is 0 Å². The van der Waals surface area contributed by atoms with Crippen molar-refractivity contribution in [3.8, 4) is 0 Å². The van der Waals surface area contributed by atoms with Crippen LogP contribution in [0.4, 0.5) is 32.2 Å². The van der Waals surface area contributed by atoms with E-state index >= 15 is 0 Å². The van der Waals surface area contributed by atoms with Crippen LogP contribution in [0.2, 0.25) is 0 Å². The fraction of sp³-hybridized carbons (Fsp3) is 0.429. The van der Waals surface area contributed by atoms with Crippen LogP contribution < -0.4 is 4.90 Å². The molecule has 2 atom stereocenters. The predicted octanol–water partition coefficient (Wildman–Crippen LogP) is 3.97. The zero-order chi connectivity index (χ0) is 26.6. The first-order chi connectivity index (χ1) is 16.3. The summed E-state index contributed by atoms with van der Waals surface area (Å²) < 4.78 is 69.4. The van der Waals surface area contributed by atoms with Crippen LogP contribution in [0.15, 0.2) is 48.9 Å². The number of hydrogen-bond donors (Lipinski definition) is 2. The van der Waals surface area contributed by atoms with Gasteiger partial charge in [-0.05, 0) is 43.5 Å². The number of aliphatic carboxylic acids is 2. The molecule has 1 saturated heterocycles. The van der Waals surface area contributed by atoms with E-state index < -0.39 is 24.3 Å². The minimum Gasteiger partial charge on any atom is -0.475 e. The monoisotopic (exact) mass is 511 g/mol. The van der Waals surface area contributed by atoms with Gasteiger partial charge in [-0.3, -0.25) is 4.98 Å². The average molecular weight is 511 g/mol. The van der Waals surface area contributed by atoms with Crippen molar-refractivity contribution in [3.63, 3.8) is 0 Å². The normalized spacial score (nSPS) is 17.5. The molecule has 0 amide bonds. The third kappa shape index (κ3) is 10.6. The Kier molecular flexibility index (Phi) is 11.4. The predicted molar refractivity (Wildman–Crippen MR) is 111 cm³/mol. The number of pyridine rings is 2. The van der Waals surface area contributed by atoms with Crippen molar-refractivity contribution in [1.29, 1.82) is 0 Å². The molecule has 194 valence electrons. The summed E-state index contributed by atoms with van der Waals surface area (Å²) in [5.74, 6) is -4.48. The zero-order valence-corrected chi connectivity index (χ0v) is 18.3. The van der Waals surface area contributed by atoms with Gasteiger partial charge in [0.15, 0.2) is 0 Å². The first kappa shape index (κ1) is 29.6. The van der Waals surface area contributed by atoms with Gasteiger partial charge in [0.05, 0.1) is 12.1 Å². The Balaban J connectivity index is 0.000000362. The first-order valence-electron chi connectivity index (χ1n) is 10.1. The lowest BCUT2D eigenvalue weighted by Crippen LogP contribution is -2.38. The zero-order valence-electron chi connectivity index (χ0n) is 18.3. The van der Waals surface area contributed by atoms with E-state index in [0.717, 1.165) is 31.8 Å². The van der Waals surface area contributed by atoms with Gasteiger partial charge in [-0.2, -0.15) is 26.3 Å². The van der Waals surface area contributed by atoms with E-state index in [1.54, 1.807) is 0 Å². The van der Waals surface area contributed by atoms with Crippen molar-refractivity contribution >= 4 is 17.8 Å². The van der Waals surface area contributed by atoms with Crippen LogP contribution in [-0.2, 0) is 20.7 Å². The summed E-state index contributed by atoms with van der Waals surface area (Å²) in [7, 11) is 0. The molecule has 14 heteroatoms. The van der Waals surface area contributed by atoms with Gasteiger partial charge >= 0.3 is 24.3 Å². The molecule has 1 aliphatic rings. The van der Waals surface area contributed by atoms with Crippen LogP contribution in [0.5, 0.6) is 0 Å². The van der Waals surface area contributed by atoms with E-state index in [4.69, 9.17) is 24.5 Å². The molecular formula is C21H23F6N3O5. The Morgan fingerprint density at radius 3 is 2.06 bits per heavy atom. The van der Waals surface area contributed by atoms with Crippen LogP contribution in [-0.4, -0.2) is 69.8 Å². The number of halogens is 6. The second kappa shape index (κ2) is 13.5. The molecule has 2 aromatic rings. The summed E-state index contributed by atoms with van der Waals surface area (Å²) in [5, 5.41) is 14.2. The minimum atomic E-state index is -5.08. The number of rotatable bonds is 5. The van der Waals surface area contributed by atoms with Crippen LogP contribution in [0.1, 0.15) is 18.9 Å². The van der Waals surface area contributed by atoms with Crippen molar-refractivity contribution < 1.29 is 50.9 Å². The fourth-order valence-corrected chi connectivity index (χ4v) is 3.04. The van der Waals surface area contributed by atoms with Gasteiger partial charge in [0.2, 0.25) is 0 Å². The molecule has 1 aliphatic heterocycles. The molecule has 2 aromatic heterocycles. The highest BCUT2D eigenvalue weighted by atomic mass is 19.4. The maximum absolute atomic E-state index is 10.6. The van der Waals surface area contributed by atoms with Crippen LogP contribution in [0.25, 0.3) is 0 Å². The molecule has 8 nitrogen and oxygen atoms in total. The first-order valence-corrected chi connectivity index (χ1v) is 10.1. The van der Waals surface area contributed by atoms with Gasteiger partial charge in [-0.1, -0.05) is 12.1 Å². The molecule has 0 aromatic carbocycles. The standard InChI is InChI=1S/C17H21N3O.2C2HF3O2/c1-2-21-16-8-11-20(17-7-3-4-10-19-17)15(16)12-14-6-5-9-18-13-14;2*3-2(4,5)1(6)7/h3-7,9-10,13,15-16H,2,8,11-12H2,1H3;2*(H,6,7)/t15-,16-;;/m1../s1. The van der Waals surface area contributed by atoms with Crippen LogP contribution >= 0.6 is 0 Å². The van der Waals surface area contributed by atoms with Crippen molar-refractivity contribution in [2.24, 2.45) is 0 Å². The number of anilines is 1. The van der Waals surface area contributed by atoms with E-state index in [1.807, 2.05) is 36.8 Å². The number of alkyl halides is 6. The Hall–Kier alpha value is -3.42. The van der Waals surface area contributed by atoms with Gasteiger partial charge < -0.3 is 19.8 Å². The molecule has 0 bridgehead atoms. The highest BCUT2D eigenvalue weighted by molar-refractivity contribution is 5.73. The van der Waals surface area contributed by atoms with E-state index in [-0.39, 0.29) is 6.10 Å². The summed E-state index contributed by atoms with van der Waals surface area (Å²) in [6, 6.07) is 10.5. The minimum absolute atomic E-state index is 0.261. The second-order valence-corrected chi connectivity index (χ2v) is 6.90. The van der Waals surface area contributed by atoms with E-state index in [2.05, 4.69) is 33.9 Å². The molecule has 0 spiro atoms. The quantitative estimate of drug-likeness (QED) is 0.580. The van der Waals surface area contributed by atoms with E-state index in [1.165, 1.54) is 5.56 Å². The van der Waals surface area contributed by atoms with Crippen molar-refractivity contribution in [3.05, 3.63) is 54.5 Å². The maximum Gasteiger partial charge on any atom is 0.490 e. The smallest absolute Gasteiger partial charge is 0.475 e. The molecule has 35 heavy (non-hydrogen) atoms. The summed E-state index contributed by atoms with van der Waals surface area (Å²) in [4.78, 5) is 28.9. The molecule has 0 unspecified atom stereocenters. The lowest BCUT2D eigenvalue weighted by molar-refractivity contribution is -0.193. The number of nitrogens with zero attached hydrogens (tertiary/aromatic N) is 3. The van der Waals surface area contributed by atoms with Crippen molar-refractivity contribution in [2.45, 2.75) is 44.3 Å². The third-order valence-electron chi connectivity index (χ3n) is 4.46. The summed E-state index contributed by atoms with van der Waals surface area (Å²) in [5.41, 5.74) is 1.25. The largest absolute Gasteiger partial charge is 0.490 e. The van der Waals surface area contributed by atoms with E-state index in [0.29, 0.717) is 6.04 Å². The second-order valence-electron chi connectivity index (χ2n) is 6.90. The number of aromatic nitrogens is 2. The number of carboxylic acid groups (broad SMARTS) is 2. The highest BCUT2D eigenvalue weighted by Crippen LogP contribution is 2.28. The maximum atomic E-state index is 10.6. The van der Waals surface area contributed by atoms with Crippen LogP contribution in [0, 0.1) is 0 Å². The fourth-order valence-electron chi connectivity index (χ4n) is 3.04. The molecule has 3 rings (SSSR count). The van der Waals surface area contributed by atoms with Crippen molar-refractivity contribution in [2.75, 3.05) is 18.1 Å². The van der Waals surface area contributed by atoms with Gasteiger partial charge in [0.1, 0.15) is 5.82 Å². The van der Waals surface area contributed by atoms with Gasteiger partial charge in [-0.25, -0.2) is 14.6 Å². The molecular weight excluding hydrogens is 488 g/mol. The number of hydrogen-bond acceptors (Lipinski definition) is 6. The molecule has 0 aliphatic carbocycles. The number of carboxylic acids is 2. The summed E-state index contributed by atoms with van der Waals surface area (Å²) in [6.07, 6.45) is -2.31. The lowest BCUT2D eigenvalue weighted by Gasteiger charge is -2.29. The lowest BCUT2D eigenvalue weighted by atomic mass is 10.0. The molecule has 3 heterocycles.